The number of nitrogens with two attached hydrogens (primary N) is 2. The highest BCUT2D eigenvalue weighted by Crippen LogP contribution is 2.26. The van der Waals surface area contributed by atoms with Gasteiger partial charge in [-0.3, -0.25) is 9.59 Å². The van der Waals surface area contributed by atoms with E-state index in [0.29, 0.717) is 63.9 Å². The van der Waals surface area contributed by atoms with E-state index in [1.165, 1.54) is 12.1 Å². The number of benzene rings is 6. The number of rotatable bonds is 16. The van der Waals surface area contributed by atoms with Crippen LogP contribution >= 0.6 is 12.4 Å². The molecule has 0 aliphatic carbocycles. The van der Waals surface area contributed by atoms with E-state index in [0.717, 1.165) is 39.5 Å². The summed E-state index contributed by atoms with van der Waals surface area (Å²) in [6, 6.07) is 58.8. The normalized spacial score (nSPS) is 10.4. The Morgan fingerprint density at radius 1 is 0.440 bits per heavy atom. The fourth-order valence-electron chi connectivity index (χ4n) is 7.94. The number of ether oxygens (including phenoxy) is 5. The smallest absolute Gasteiger partial charge is 0.407 e. The minimum Gasteiger partial charge on any atom is -0.478 e. The van der Waals surface area contributed by atoms with E-state index in [1.54, 1.807) is 107 Å². The molecule has 0 bridgehead atoms. The van der Waals surface area contributed by atoms with Crippen molar-refractivity contribution >= 4 is 59.4 Å². The molecule has 0 spiro atoms. The number of pyridine rings is 3. The molecular formula is C70H76ClN9O11. The zero-order valence-electron chi connectivity index (χ0n) is 52.1. The summed E-state index contributed by atoms with van der Waals surface area (Å²) in [7, 11) is 0. The van der Waals surface area contributed by atoms with Gasteiger partial charge in [0, 0.05) is 83.1 Å². The van der Waals surface area contributed by atoms with Gasteiger partial charge in [-0.05, 0) is 188 Å². The van der Waals surface area contributed by atoms with Crippen LogP contribution in [0.4, 0.5) is 26.7 Å². The van der Waals surface area contributed by atoms with Gasteiger partial charge < -0.3 is 61.5 Å². The van der Waals surface area contributed by atoms with Crippen LogP contribution in [-0.4, -0.2) is 61.2 Å². The molecule has 9 aromatic rings. The molecule has 21 heteroatoms. The second kappa shape index (κ2) is 34.6. The molecule has 0 fully saturated rings. The van der Waals surface area contributed by atoms with Crippen molar-refractivity contribution < 1.29 is 52.8 Å². The molecule has 0 atom stereocenters. The number of carbonyl (C=O) groups is 5. The van der Waals surface area contributed by atoms with E-state index in [9.17, 15) is 24.0 Å². The predicted molar refractivity (Wildman–Crippen MR) is 354 cm³/mol. The van der Waals surface area contributed by atoms with E-state index in [1.807, 2.05) is 144 Å². The van der Waals surface area contributed by atoms with Crippen molar-refractivity contribution in [3.8, 4) is 34.9 Å². The second-order valence-corrected chi connectivity index (χ2v) is 22.0. The lowest BCUT2D eigenvalue weighted by Gasteiger charge is -2.19. The minimum atomic E-state index is -1.03. The summed E-state index contributed by atoms with van der Waals surface area (Å²) in [6.45, 7) is 17.3. The number of halogens is 1. The molecule has 91 heavy (non-hydrogen) atoms. The summed E-state index contributed by atoms with van der Waals surface area (Å²) in [5.74, 6) is 1.07. The first-order valence-corrected chi connectivity index (χ1v) is 28.5. The van der Waals surface area contributed by atoms with Gasteiger partial charge in [-0.2, -0.15) is 0 Å². The largest absolute Gasteiger partial charge is 0.478 e. The van der Waals surface area contributed by atoms with Crippen molar-refractivity contribution in [3.63, 3.8) is 0 Å². The van der Waals surface area contributed by atoms with E-state index in [4.69, 9.17) is 40.3 Å². The van der Waals surface area contributed by atoms with Crippen LogP contribution < -0.4 is 46.9 Å². The van der Waals surface area contributed by atoms with Crippen LogP contribution in [0.2, 0.25) is 0 Å². The fraction of sp³-hybridized carbons (Fsp3) is 0.200. The maximum Gasteiger partial charge on any atom is 0.407 e. The molecule has 0 aliphatic rings. The third kappa shape index (κ3) is 26.6. The molecule has 0 saturated heterocycles. The van der Waals surface area contributed by atoms with E-state index in [-0.39, 0.29) is 42.9 Å². The topological polar surface area (TPSA) is 291 Å². The number of carbonyl (C=O) groups excluding carboxylic acids is 4. The summed E-state index contributed by atoms with van der Waals surface area (Å²) in [6.07, 6.45) is -1.00. The first kappa shape index (κ1) is 70.9. The molecule has 9 rings (SSSR count). The van der Waals surface area contributed by atoms with Gasteiger partial charge in [-0.25, -0.2) is 29.3 Å². The van der Waals surface area contributed by atoms with Crippen molar-refractivity contribution in [2.45, 2.75) is 93.2 Å². The number of carboxylic acid groups (broad SMARTS) is 1. The molecule has 6 aromatic carbocycles. The minimum absolute atomic E-state index is 0. The first-order chi connectivity index (χ1) is 42.8. The Morgan fingerprint density at radius 2 is 0.769 bits per heavy atom. The number of alkyl carbamates (subject to hydrolysis) is 2. The quantitative estimate of drug-likeness (QED) is 0.0443. The monoisotopic (exact) mass is 1250 g/mol. The Labute approximate surface area is 536 Å². The molecule has 20 nitrogen and oxygen atoms in total. The summed E-state index contributed by atoms with van der Waals surface area (Å²) in [5.41, 5.74) is 18.1. The molecular weight excluding hydrogens is 1180 g/mol. The molecule has 474 valence electrons. The van der Waals surface area contributed by atoms with Crippen molar-refractivity contribution in [1.29, 1.82) is 0 Å². The number of carboxylic acids is 1. The van der Waals surface area contributed by atoms with Crippen molar-refractivity contribution in [2.75, 3.05) is 16.4 Å². The number of para-hydroxylation sites is 3. The standard InChI is InChI=1S/C25H27N3O4.C20H19N3O2.C19H22N2O5.C6H7N.ClH/c1-17-13-18(16-26-24(30)32-25(2,3)4)14-22(27-17)31-21-12-8-9-19(15-21)23(29)28-20-10-6-5-7-11-20;1-14-10-15(13-21)11-19(22-14)25-18-9-5-6-16(12-18)20(24)23-17-7-3-2-4-8-17;1-12-8-13(11-20-18(24)26-19(2,3)4)9-16(21-12)25-15-7-5-6-14(10-15)17(22)23;7-6-4-2-1-3-5-6;/h5-15H,16H2,1-4H3,(H,26,30)(H,28,29);2-12H,13,21H2,1H3,(H,23,24);5-10H,11H2,1-4H3,(H,20,24)(H,22,23);1-5H,7H2;1H. The molecule has 0 aliphatic heterocycles. The summed E-state index contributed by atoms with van der Waals surface area (Å²) in [5, 5.41) is 20.1. The lowest BCUT2D eigenvalue weighted by atomic mass is 10.2. The van der Waals surface area contributed by atoms with Crippen LogP contribution in [0.25, 0.3) is 0 Å². The summed E-state index contributed by atoms with van der Waals surface area (Å²) < 4.78 is 27.8. The van der Waals surface area contributed by atoms with Crippen LogP contribution in [0.1, 0.15) is 106 Å². The summed E-state index contributed by atoms with van der Waals surface area (Å²) >= 11 is 0. The highest BCUT2D eigenvalue weighted by molar-refractivity contribution is 6.05. The molecule has 4 amide bonds. The van der Waals surface area contributed by atoms with Crippen molar-refractivity contribution in [2.24, 2.45) is 5.73 Å². The number of hydrogen-bond donors (Lipinski definition) is 7. The van der Waals surface area contributed by atoms with Gasteiger partial charge >= 0.3 is 18.2 Å². The average molecular weight is 1250 g/mol. The maximum absolute atomic E-state index is 12.5. The fourth-order valence-corrected chi connectivity index (χ4v) is 7.94. The maximum atomic E-state index is 12.5. The average Bonchev–Trinajstić information content (AvgIpc) is 2.16. The first-order valence-electron chi connectivity index (χ1n) is 28.5. The zero-order valence-corrected chi connectivity index (χ0v) is 52.9. The molecule has 0 radical (unpaired) electrons. The molecule has 9 N–H and O–H groups in total. The van der Waals surface area contributed by atoms with Gasteiger partial charge in [0.15, 0.2) is 0 Å². The van der Waals surface area contributed by atoms with Crippen LogP contribution in [0.15, 0.2) is 200 Å². The molecule has 3 heterocycles. The highest BCUT2D eigenvalue weighted by Gasteiger charge is 2.18. The Kier molecular flexibility index (Phi) is 27.0. The van der Waals surface area contributed by atoms with Crippen molar-refractivity contribution in [1.82, 2.24) is 25.6 Å². The Hall–Kier alpha value is -10.8. The number of amides is 4. The Morgan fingerprint density at radius 3 is 1.10 bits per heavy atom. The lowest BCUT2D eigenvalue weighted by Crippen LogP contribution is -2.32. The van der Waals surface area contributed by atoms with E-state index in [2.05, 4.69) is 36.2 Å². The van der Waals surface area contributed by atoms with Gasteiger partial charge in [0.05, 0.1) is 5.56 Å². The third-order valence-corrected chi connectivity index (χ3v) is 11.7. The number of anilines is 3. The number of nitrogens with zero attached hydrogens (tertiary/aromatic N) is 3. The lowest BCUT2D eigenvalue weighted by molar-refractivity contribution is 0.0512. The third-order valence-electron chi connectivity index (χ3n) is 11.7. The zero-order chi connectivity index (χ0) is 65.2. The predicted octanol–water partition coefficient (Wildman–Crippen LogP) is 14.9. The van der Waals surface area contributed by atoms with E-state index >= 15 is 0 Å². The van der Waals surface area contributed by atoms with Crippen LogP contribution in [0.5, 0.6) is 34.9 Å². The van der Waals surface area contributed by atoms with Gasteiger partial charge in [0.25, 0.3) is 11.8 Å². The van der Waals surface area contributed by atoms with Crippen molar-refractivity contribution in [3.05, 3.63) is 251 Å². The molecule has 0 unspecified atom stereocenters. The number of hydrogen-bond acceptors (Lipinski definition) is 15. The van der Waals surface area contributed by atoms with Crippen LogP contribution in [0.3, 0.4) is 0 Å². The van der Waals surface area contributed by atoms with E-state index < -0.39 is 29.4 Å². The van der Waals surface area contributed by atoms with Crippen LogP contribution in [-0.2, 0) is 29.1 Å². The highest BCUT2D eigenvalue weighted by atomic mass is 35.5. The Balaban J connectivity index is 0.000000235. The number of aromatic carboxylic acids is 1. The number of nitrogen functional groups attached to an aromatic ring is 1. The SMILES string of the molecule is Cc1cc(CN)cc(Oc2cccc(C(=O)Nc3ccccc3)c2)n1.Cc1cc(CNC(=O)OC(C)(C)C)cc(Oc2cccc(C(=O)Nc3ccccc3)c2)n1.Cc1cc(CNC(=O)OC(C)(C)C)cc(Oc2cccc(C(=O)O)c2)n1.Cl.Nc1ccccc1. The second-order valence-electron chi connectivity index (χ2n) is 22.0. The molecule has 3 aromatic heterocycles. The summed E-state index contributed by atoms with van der Waals surface area (Å²) in [4.78, 5) is 72.6. The Bertz CT molecular complexity index is 3850. The van der Waals surface area contributed by atoms with Gasteiger partial charge in [-0.1, -0.05) is 72.8 Å². The number of aryl methyl sites for hydroxylation is 3. The number of nitrogens with one attached hydrogen (secondary N) is 4. The number of aromatic nitrogens is 3. The van der Waals surface area contributed by atoms with Gasteiger partial charge in [-0.15, -0.1) is 12.4 Å². The molecule has 0 saturated carbocycles. The van der Waals surface area contributed by atoms with Gasteiger partial charge in [0.2, 0.25) is 17.6 Å². The van der Waals surface area contributed by atoms with Gasteiger partial charge in [0.1, 0.15) is 28.5 Å². The van der Waals surface area contributed by atoms with Crippen LogP contribution in [0, 0.1) is 20.8 Å².